The van der Waals surface area contributed by atoms with Gasteiger partial charge in [-0.05, 0) is 48.2 Å². The van der Waals surface area contributed by atoms with Crippen LogP contribution in [0.25, 0.3) is 5.69 Å². The molecular formula is C17H12Cl3N3O2. The second-order valence-corrected chi connectivity index (χ2v) is 6.62. The van der Waals surface area contributed by atoms with Crippen LogP contribution in [0.15, 0.2) is 52.2 Å². The Morgan fingerprint density at radius 1 is 0.960 bits per heavy atom. The summed E-state index contributed by atoms with van der Waals surface area (Å²) in [6.45, 7) is 0. The van der Waals surface area contributed by atoms with Gasteiger partial charge in [0, 0.05) is 15.1 Å². The third kappa shape index (κ3) is 4.12. The number of nitrogens with one attached hydrogen (secondary N) is 1. The van der Waals surface area contributed by atoms with Crippen LogP contribution in [0.1, 0.15) is 11.1 Å². The van der Waals surface area contributed by atoms with Gasteiger partial charge in [0.1, 0.15) is 6.20 Å². The van der Waals surface area contributed by atoms with Crippen LogP contribution in [-0.2, 0) is 12.8 Å². The molecule has 0 saturated heterocycles. The molecule has 3 rings (SSSR count). The summed E-state index contributed by atoms with van der Waals surface area (Å²) in [7, 11) is 0. The van der Waals surface area contributed by atoms with Crippen molar-refractivity contribution < 1.29 is 0 Å². The van der Waals surface area contributed by atoms with E-state index in [1.165, 1.54) is 0 Å². The molecule has 0 atom stereocenters. The highest BCUT2D eigenvalue weighted by Gasteiger charge is 2.11. The molecule has 0 aliphatic carbocycles. The maximum atomic E-state index is 11.8. The van der Waals surface area contributed by atoms with E-state index in [2.05, 4.69) is 10.1 Å². The number of hydrogen-bond acceptors (Lipinski definition) is 3. The van der Waals surface area contributed by atoms with E-state index in [0.717, 1.165) is 28.4 Å². The predicted octanol–water partition coefficient (Wildman–Crippen LogP) is 3.67. The van der Waals surface area contributed by atoms with Gasteiger partial charge in [0.25, 0.3) is 5.56 Å². The molecule has 0 unspecified atom stereocenters. The smallest absolute Gasteiger partial charge is 0.271 e. The summed E-state index contributed by atoms with van der Waals surface area (Å²) in [4.78, 5) is 25.1. The molecule has 0 saturated carbocycles. The standard InChI is InChI=1S/C17H12Cl3N3O2/c18-11-4-1-10(2-5-11)3-6-13-14(19)7-12(8-15(13)20)23-17(25)22-16(24)9-21-23/h1-2,4-5,7-9H,3,6H2,(H,22,24,25). The van der Waals surface area contributed by atoms with Crippen LogP contribution in [0.4, 0.5) is 0 Å². The molecule has 0 amide bonds. The predicted molar refractivity (Wildman–Crippen MR) is 99.3 cm³/mol. The van der Waals surface area contributed by atoms with E-state index in [9.17, 15) is 9.59 Å². The van der Waals surface area contributed by atoms with Gasteiger partial charge in [0.15, 0.2) is 0 Å². The fourth-order valence-corrected chi connectivity index (χ4v) is 3.20. The number of H-pyrrole nitrogens is 1. The van der Waals surface area contributed by atoms with Crippen molar-refractivity contribution >= 4 is 34.8 Å². The Hall–Kier alpha value is -2.08. The topological polar surface area (TPSA) is 67.8 Å². The van der Waals surface area contributed by atoms with Crippen molar-refractivity contribution in [3.63, 3.8) is 0 Å². The number of hydrogen-bond donors (Lipinski definition) is 1. The SMILES string of the molecule is O=c1cnn(-c2cc(Cl)c(CCc3ccc(Cl)cc3)c(Cl)c2)c(=O)[nH]1. The van der Waals surface area contributed by atoms with E-state index in [1.54, 1.807) is 12.1 Å². The lowest BCUT2D eigenvalue weighted by Crippen LogP contribution is -2.30. The summed E-state index contributed by atoms with van der Waals surface area (Å²) in [5.41, 5.74) is 1.04. The van der Waals surface area contributed by atoms with Crippen molar-refractivity contribution in [2.75, 3.05) is 0 Å². The fourth-order valence-electron chi connectivity index (χ4n) is 2.41. The molecule has 1 heterocycles. The van der Waals surface area contributed by atoms with Crippen molar-refractivity contribution in [3.05, 3.63) is 89.6 Å². The molecule has 0 bridgehead atoms. The lowest BCUT2D eigenvalue weighted by molar-refractivity contribution is 0.749. The minimum atomic E-state index is -0.659. The molecule has 0 aliphatic heterocycles. The van der Waals surface area contributed by atoms with Crippen LogP contribution in [0.3, 0.4) is 0 Å². The lowest BCUT2D eigenvalue weighted by Gasteiger charge is -2.11. The number of halogens is 3. The van der Waals surface area contributed by atoms with E-state index < -0.39 is 11.2 Å². The van der Waals surface area contributed by atoms with Gasteiger partial charge < -0.3 is 0 Å². The normalized spacial score (nSPS) is 10.8. The third-order valence-electron chi connectivity index (χ3n) is 3.66. The maximum Gasteiger partial charge on any atom is 0.349 e. The number of nitrogens with zero attached hydrogens (tertiary/aromatic N) is 2. The number of aryl methyl sites for hydroxylation is 1. The van der Waals surface area contributed by atoms with Crippen molar-refractivity contribution in [2.45, 2.75) is 12.8 Å². The van der Waals surface area contributed by atoms with E-state index in [4.69, 9.17) is 34.8 Å². The number of benzene rings is 2. The largest absolute Gasteiger partial charge is 0.349 e. The molecule has 0 aliphatic rings. The van der Waals surface area contributed by atoms with Gasteiger partial charge in [-0.25, -0.2) is 4.79 Å². The molecular weight excluding hydrogens is 385 g/mol. The Morgan fingerprint density at radius 2 is 1.60 bits per heavy atom. The minimum Gasteiger partial charge on any atom is -0.271 e. The van der Waals surface area contributed by atoms with Crippen molar-refractivity contribution in [2.24, 2.45) is 0 Å². The third-order valence-corrected chi connectivity index (χ3v) is 4.59. The quantitative estimate of drug-likeness (QED) is 0.731. The molecule has 1 aromatic heterocycles. The van der Waals surface area contributed by atoms with E-state index in [-0.39, 0.29) is 0 Å². The Kier molecular flexibility index (Phi) is 5.27. The molecule has 0 fully saturated rings. The summed E-state index contributed by atoms with van der Waals surface area (Å²) in [6, 6.07) is 10.7. The fraction of sp³-hybridized carbons (Fsp3) is 0.118. The molecule has 8 heteroatoms. The zero-order chi connectivity index (χ0) is 18.0. The first-order valence-electron chi connectivity index (χ1n) is 7.35. The first kappa shape index (κ1) is 17.7. The average molecular weight is 397 g/mol. The number of aromatic nitrogens is 3. The van der Waals surface area contributed by atoms with Crippen LogP contribution in [-0.4, -0.2) is 14.8 Å². The van der Waals surface area contributed by atoms with Crippen molar-refractivity contribution in [3.8, 4) is 5.69 Å². The Morgan fingerprint density at radius 3 is 2.20 bits per heavy atom. The summed E-state index contributed by atoms with van der Waals surface area (Å²) in [5.74, 6) is 0. The highest BCUT2D eigenvalue weighted by Crippen LogP contribution is 2.29. The first-order chi connectivity index (χ1) is 11.9. The zero-order valence-corrected chi connectivity index (χ0v) is 15.1. The van der Waals surface area contributed by atoms with Crippen LogP contribution in [0.5, 0.6) is 0 Å². The summed E-state index contributed by atoms with van der Waals surface area (Å²) in [5, 5.41) is 5.33. The minimum absolute atomic E-state index is 0.381. The van der Waals surface area contributed by atoms with Gasteiger partial charge in [0.05, 0.1) is 5.69 Å². The summed E-state index contributed by atoms with van der Waals surface area (Å²) >= 11 is 18.6. The highest BCUT2D eigenvalue weighted by molar-refractivity contribution is 6.36. The van der Waals surface area contributed by atoms with Crippen LogP contribution in [0.2, 0.25) is 15.1 Å². The Labute approximate surface area is 157 Å². The van der Waals surface area contributed by atoms with Gasteiger partial charge in [0.2, 0.25) is 0 Å². The molecule has 3 aromatic rings. The monoisotopic (exact) mass is 395 g/mol. The molecule has 25 heavy (non-hydrogen) atoms. The molecule has 0 radical (unpaired) electrons. The average Bonchev–Trinajstić information content (AvgIpc) is 2.55. The Balaban J connectivity index is 1.88. The molecule has 128 valence electrons. The van der Waals surface area contributed by atoms with Crippen LogP contribution < -0.4 is 11.2 Å². The first-order valence-corrected chi connectivity index (χ1v) is 8.49. The van der Waals surface area contributed by atoms with E-state index in [0.29, 0.717) is 27.2 Å². The lowest BCUT2D eigenvalue weighted by atomic mass is 10.0. The van der Waals surface area contributed by atoms with Gasteiger partial charge in [-0.1, -0.05) is 46.9 Å². The van der Waals surface area contributed by atoms with Gasteiger partial charge in [-0.3, -0.25) is 9.78 Å². The van der Waals surface area contributed by atoms with Crippen molar-refractivity contribution in [1.29, 1.82) is 0 Å². The van der Waals surface area contributed by atoms with Gasteiger partial charge >= 0.3 is 5.69 Å². The van der Waals surface area contributed by atoms with Crippen molar-refractivity contribution in [1.82, 2.24) is 14.8 Å². The molecule has 2 aromatic carbocycles. The molecule has 0 spiro atoms. The van der Waals surface area contributed by atoms with Gasteiger partial charge in [-0.2, -0.15) is 9.78 Å². The molecule has 1 N–H and O–H groups in total. The number of aromatic amines is 1. The Bertz CT molecular complexity index is 1000. The zero-order valence-electron chi connectivity index (χ0n) is 12.8. The van der Waals surface area contributed by atoms with Gasteiger partial charge in [-0.15, -0.1) is 0 Å². The van der Waals surface area contributed by atoms with Crippen LogP contribution >= 0.6 is 34.8 Å². The summed E-state index contributed by atoms with van der Waals surface area (Å²) in [6.07, 6.45) is 2.39. The van der Waals surface area contributed by atoms with E-state index in [1.807, 2.05) is 24.3 Å². The van der Waals surface area contributed by atoms with Crippen LogP contribution in [0, 0.1) is 0 Å². The number of rotatable bonds is 4. The second kappa shape index (κ2) is 7.44. The van der Waals surface area contributed by atoms with E-state index >= 15 is 0 Å². The second-order valence-electron chi connectivity index (χ2n) is 5.37. The summed E-state index contributed by atoms with van der Waals surface area (Å²) < 4.78 is 1.03. The molecule has 5 nitrogen and oxygen atoms in total. The highest BCUT2D eigenvalue weighted by atomic mass is 35.5. The maximum absolute atomic E-state index is 11.8.